The molecule has 124 valence electrons. The molecule has 1 aromatic carbocycles. The molecule has 0 saturated heterocycles. The summed E-state index contributed by atoms with van der Waals surface area (Å²) in [6, 6.07) is 7.84. The third-order valence-electron chi connectivity index (χ3n) is 3.35. The topological polar surface area (TPSA) is 77.2 Å². The maximum absolute atomic E-state index is 11.3. The number of ether oxygens (including phenoxy) is 1. The summed E-state index contributed by atoms with van der Waals surface area (Å²) in [6.07, 6.45) is 4.69. The van der Waals surface area contributed by atoms with E-state index in [2.05, 4.69) is 17.2 Å². The zero-order valence-corrected chi connectivity index (χ0v) is 14.2. The van der Waals surface area contributed by atoms with Crippen LogP contribution in [-0.2, 0) is 4.79 Å². The molecule has 3 N–H and O–H groups in total. The van der Waals surface area contributed by atoms with Gasteiger partial charge in [-0.1, -0.05) is 38.3 Å². The first-order valence-corrected chi connectivity index (χ1v) is 8.80. The van der Waals surface area contributed by atoms with Crippen LogP contribution in [0, 0.1) is 0 Å². The molecule has 1 aromatic heterocycles. The number of hydrogen-bond donors (Lipinski definition) is 2. The van der Waals surface area contributed by atoms with E-state index in [1.165, 1.54) is 30.6 Å². The highest BCUT2D eigenvalue weighted by Crippen LogP contribution is 2.32. The van der Waals surface area contributed by atoms with Crippen molar-refractivity contribution in [1.29, 1.82) is 0 Å². The van der Waals surface area contributed by atoms with Crippen molar-refractivity contribution in [2.75, 3.05) is 18.5 Å². The molecule has 0 unspecified atom stereocenters. The van der Waals surface area contributed by atoms with Crippen molar-refractivity contribution < 1.29 is 9.53 Å². The molecule has 0 spiro atoms. The summed E-state index contributed by atoms with van der Waals surface area (Å²) in [5.41, 5.74) is 7.03. The molecule has 0 bridgehead atoms. The van der Waals surface area contributed by atoms with Gasteiger partial charge in [0.05, 0.1) is 18.8 Å². The number of nitrogens with one attached hydrogen (secondary N) is 1. The highest BCUT2D eigenvalue weighted by molar-refractivity contribution is 7.14. The number of benzene rings is 1. The number of hydrogen-bond acceptors (Lipinski definition) is 5. The monoisotopic (exact) mass is 333 g/mol. The first-order valence-electron chi connectivity index (χ1n) is 7.92. The van der Waals surface area contributed by atoms with Crippen molar-refractivity contribution >= 4 is 22.4 Å². The fourth-order valence-electron chi connectivity index (χ4n) is 2.14. The van der Waals surface area contributed by atoms with Crippen LogP contribution in [0.3, 0.4) is 0 Å². The van der Waals surface area contributed by atoms with Crippen LogP contribution < -0.4 is 15.8 Å². The van der Waals surface area contributed by atoms with E-state index in [0.29, 0.717) is 11.7 Å². The van der Waals surface area contributed by atoms with E-state index in [4.69, 9.17) is 10.5 Å². The lowest BCUT2D eigenvalue weighted by Crippen LogP contribution is -2.21. The Morgan fingerprint density at radius 2 is 2.13 bits per heavy atom. The first-order chi connectivity index (χ1) is 11.2. The zero-order valence-electron chi connectivity index (χ0n) is 13.4. The maximum Gasteiger partial charge on any atom is 0.239 e. The minimum absolute atomic E-state index is 0.0492. The number of carbonyl (C=O) groups excluding carboxylic acids is 1. The predicted molar refractivity (Wildman–Crippen MR) is 94.9 cm³/mol. The van der Waals surface area contributed by atoms with Crippen molar-refractivity contribution in [2.45, 2.75) is 32.6 Å². The average Bonchev–Trinajstić information content (AvgIpc) is 3.03. The highest BCUT2D eigenvalue weighted by atomic mass is 32.1. The fourth-order valence-corrected chi connectivity index (χ4v) is 2.87. The molecule has 0 aliphatic rings. The van der Waals surface area contributed by atoms with Crippen LogP contribution >= 0.6 is 11.3 Å². The molecular formula is C17H23N3O2S. The Labute approximate surface area is 140 Å². The second-order valence-electron chi connectivity index (χ2n) is 5.20. The van der Waals surface area contributed by atoms with Gasteiger partial charge >= 0.3 is 0 Å². The summed E-state index contributed by atoms with van der Waals surface area (Å²) >= 11 is 1.38. The maximum atomic E-state index is 11.3. The van der Waals surface area contributed by atoms with E-state index in [-0.39, 0.29) is 12.5 Å². The number of para-hydroxylation sites is 1. The van der Waals surface area contributed by atoms with Gasteiger partial charge in [0.1, 0.15) is 5.75 Å². The normalized spacial score (nSPS) is 10.5. The van der Waals surface area contributed by atoms with Crippen molar-refractivity contribution in [3.8, 4) is 17.0 Å². The van der Waals surface area contributed by atoms with E-state index in [1.807, 2.05) is 29.6 Å². The van der Waals surface area contributed by atoms with Gasteiger partial charge < -0.3 is 15.8 Å². The smallest absolute Gasteiger partial charge is 0.239 e. The Balaban J connectivity index is 2.03. The molecule has 2 rings (SSSR count). The summed E-state index contributed by atoms with van der Waals surface area (Å²) in [7, 11) is 0. The molecule has 2 aromatic rings. The molecule has 1 heterocycles. The number of aromatic nitrogens is 1. The van der Waals surface area contributed by atoms with Crippen LogP contribution in [-0.4, -0.2) is 24.0 Å². The number of amides is 1. The van der Waals surface area contributed by atoms with Gasteiger partial charge in [0, 0.05) is 10.9 Å². The van der Waals surface area contributed by atoms with Gasteiger partial charge in [0.25, 0.3) is 0 Å². The Kier molecular flexibility index (Phi) is 7.03. The number of rotatable bonds is 9. The Bertz CT molecular complexity index is 628. The molecular weight excluding hydrogens is 310 g/mol. The third kappa shape index (κ3) is 5.33. The molecule has 6 heteroatoms. The minimum atomic E-state index is -0.244. The van der Waals surface area contributed by atoms with Gasteiger partial charge in [-0.3, -0.25) is 4.79 Å². The number of nitrogens with zero attached hydrogens (tertiary/aromatic N) is 1. The molecule has 0 radical (unpaired) electrons. The van der Waals surface area contributed by atoms with E-state index in [1.54, 1.807) is 0 Å². The summed E-state index contributed by atoms with van der Waals surface area (Å²) in [6.45, 7) is 2.85. The number of unbranched alkanes of at least 4 members (excludes halogenated alkanes) is 3. The third-order valence-corrected chi connectivity index (χ3v) is 4.11. The predicted octanol–water partition coefficient (Wildman–Crippen LogP) is 3.67. The Morgan fingerprint density at radius 3 is 2.91 bits per heavy atom. The average molecular weight is 333 g/mol. The standard InChI is InChI=1S/C17H23N3O2S/c1-2-3-4-7-10-22-15-9-6-5-8-13(15)14-12-23-17(19-14)20-16(21)11-18/h5-6,8-9,12H,2-4,7,10-11,18H2,1H3,(H,19,20,21). The SMILES string of the molecule is CCCCCCOc1ccccc1-c1csc(NC(=O)CN)n1. The first kappa shape index (κ1) is 17.4. The molecule has 5 nitrogen and oxygen atoms in total. The van der Waals surface area contributed by atoms with E-state index in [9.17, 15) is 4.79 Å². The van der Waals surface area contributed by atoms with Crippen LogP contribution in [0.25, 0.3) is 11.3 Å². The number of nitrogens with two attached hydrogens (primary N) is 1. The summed E-state index contributed by atoms with van der Waals surface area (Å²) < 4.78 is 5.91. The van der Waals surface area contributed by atoms with Crippen molar-refractivity contribution in [3.05, 3.63) is 29.6 Å². The van der Waals surface area contributed by atoms with Crippen LogP contribution in [0.5, 0.6) is 5.75 Å². The fraction of sp³-hybridized carbons (Fsp3) is 0.412. The molecule has 0 aliphatic heterocycles. The van der Waals surface area contributed by atoms with Gasteiger partial charge in [-0.15, -0.1) is 11.3 Å². The van der Waals surface area contributed by atoms with Gasteiger partial charge in [-0.25, -0.2) is 4.98 Å². The lowest BCUT2D eigenvalue weighted by molar-refractivity contribution is -0.114. The number of thiazole rings is 1. The van der Waals surface area contributed by atoms with Crippen LogP contribution in [0.4, 0.5) is 5.13 Å². The van der Waals surface area contributed by atoms with Crippen LogP contribution in [0.15, 0.2) is 29.6 Å². The minimum Gasteiger partial charge on any atom is -0.493 e. The van der Waals surface area contributed by atoms with Gasteiger partial charge in [0.15, 0.2) is 5.13 Å². The van der Waals surface area contributed by atoms with Gasteiger partial charge in [-0.2, -0.15) is 0 Å². The molecule has 0 fully saturated rings. The summed E-state index contributed by atoms with van der Waals surface area (Å²) in [5, 5.41) is 5.13. The molecule has 0 saturated carbocycles. The van der Waals surface area contributed by atoms with E-state index < -0.39 is 0 Å². The molecule has 0 atom stereocenters. The molecule has 23 heavy (non-hydrogen) atoms. The highest BCUT2D eigenvalue weighted by Gasteiger charge is 2.11. The summed E-state index contributed by atoms with van der Waals surface area (Å²) in [5.74, 6) is 0.581. The van der Waals surface area contributed by atoms with Gasteiger partial charge in [-0.05, 0) is 18.6 Å². The second-order valence-corrected chi connectivity index (χ2v) is 6.05. The van der Waals surface area contributed by atoms with Crippen molar-refractivity contribution in [1.82, 2.24) is 4.98 Å². The summed E-state index contributed by atoms with van der Waals surface area (Å²) in [4.78, 5) is 15.8. The molecule has 1 amide bonds. The Morgan fingerprint density at radius 1 is 1.30 bits per heavy atom. The largest absolute Gasteiger partial charge is 0.493 e. The van der Waals surface area contributed by atoms with Gasteiger partial charge in [0.2, 0.25) is 5.91 Å². The van der Waals surface area contributed by atoms with Crippen molar-refractivity contribution in [3.63, 3.8) is 0 Å². The van der Waals surface area contributed by atoms with Crippen LogP contribution in [0.2, 0.25) is 0 Å². The zero-order chi connectivity index (χ0) is 16.5. The lowest BCUT2D eigenvalue weighted by atomic mass is 10.1. The lowest BCUT2D eigenvalue weighted by Gasteiger charge is -2.10. The molecule has 0 aliphatic carbocycles. The second kappa shape index (κ2) is 9.27. The quantitative estimate of drug-likeness (QED) is 0.686. The van der Waals surface area contributed by atoms with E-state index in [0.717, 1.165) is 23.4 Å². The Hall–Kier alpha value is -1.92. The van der Waals surface area contributed by atoms with Crippen LogP contribution in [0.1, 0.15) is 32.6 Å². The number of carbonyl (C=O) groups is 1. The van der Waals surface area contributed by atoms with Crippen molar-refractivity contribution in [2.24, 2.45) is 5.73 Å². The van der Waals surface area contributed by atoms with E-state index >= 15 is 0 Å². The number of anilines is 1.